The number of halogens is 1. The van der Waals surface area contributed by atoms with Crippen molar-refractivity contribution >= 4 is 5.78 Å². The first kappa shape index (κ1) is 16.2. The van der Waals surface area contributed by atoms with E-state index in [4.69, 9.17) is 18.6 Å². The Labute approximate surface area is 117 Å². The van der Waals surface area contributed by atoms with Crippen LogP contribution in [-0.2, 0) is 7.05 Å². The molecule has 0 aliphatic heterocycles. The lowest BCUT2D eigenvalue weighted by molar-refractivity contribution is -2.00. The number of hydrogen-bond acceptors (Lipinski definition) is 5. The number of ketones is 1. The highest BCUT2D eigenvalue weighted by molar-refractivity contribution is 6.08. The summed E-state index contributed by atoms with van der Waals surface area (Å²) in [6.07, 6.45) is 3.74. The summed E-state index contributed by atoms with van der Waals surface area (Å²) in [6, 6.07) is 13.0. The van der Waals surface area contributed by atoms with Gasteiger partial charge in [0, 0.05) is 23.3 Å². The van der Waals surface area contributed by atoms with Gasteiger partial charge >= 0.3 is 0 Å². The molecule has 0 spiro atoms. The van der Waals surface area contributed by atoms with E-state index >= 15 is 0 Å². The molecule has 1 aromatic heterocycles. The van der Waals surface area contributed by atoms with Crippen molar-refractivity contribution in [3.05, 3.63) is 66.0 Å². The molecule has 0 fully saturated rings. The van der Waals surface area contributed by atoms with Gasteiger partial charge in [0.25, 0.3) is 0 Å². The number of hydrogen-bond donors (Lipinski definition) is 0. The number of aromatic nitrogens is 1. The van der Waals surface area contributed by atoms with Crippen molar-refractivity contribution in [3.63, 3.8) is 0 Å². The molecule has 106 valence electrons. The molecule has 7 heteroatoms. The van der Waals surface area contributed by atoms with Crippen molar-refractivity contribution in [3.8, 4) is 0 Å². The Hall–Kier alpha value is -1.83. The molecule has 0 amide bonds. The quantitative estimate of drug-likeness (QED) is 0.432. The van der Waals surface area contributed by atoms with Crippen LogP contribution in [0.25, 0.3) is 0 Å². The van der Waals surface area contributed by atoms with E-state index < -0.39 is 10.2 Å². The van der Waals surface area contributed by atoms with Gasteiger partial charge in [0.15, 0.2) is 18.2 Å². The molecule has 1 heterocycles. The van der Waals surface area contributed by atoms with E-state index in [0.717, 1.165) is 11.1 Å². The van der Waals surface area contributed by atoms with Crippen LogP contribution in [-0.4, -0.2) is 5.78 Å². The smallest absolute Gasteiger partial charge is 0.193 e. The third-order valence-electron chi connectivity index (χ3n) is 2.28. The number of carbonyl (C=O) groups is 1. The van der Waals surface area contributed by atoms with E-state index in [-0.39, 0.29) is 5.78 Å². The third kappa shape index (κ3) is 6.37. The summed E-state index contributed by atoms with van der Waals surface area (Å²) >= 11 is 0. The van der Waals surface area contributed by atoms with Crippen LogP contribution in [0.5, 0.6) is 0 Å². The van der Waals surface area contributed by atoms with Crippen molar-refractivity contribution < 1.29 is 38.2 Å². The van der Waals surface area contributed by atoms with Crippen molar-refractivity contribution in [2.45, 2.75) is 0 Å². The first-order valence-electron chi connectivity index (χ1n) is 5.44. The summed E-state index contributed by atoms with van der Waals surface area (Å²) in [6.45, 7) is 0. The van der Waals surface area contributed by atoms with Crippen LogP contribution in [0.4, 0.5) is 0 Å². The van der Waals surface area contributed by atoms with Crippen LogP contribution < -0.4 is 23.2 Å². The minimum absolute atomic E-state index is 0.0659. The van der Waals surface area contributed by atoms with Gasteiger partial charge in [0.2, 0.25) is 0 Å². The standard InChI is InChI=1S/C13H12NO.ClHO4/c1-14-9-7-12(8-10-14)13(15)11-5-3-2-4-6-11;2-1(3,4)5/h2-10H,1H3;(H,2,3,4,5)/q+1;/p-1. The number of pyridine rings is 1. The zero-order valence-corrected chi connectivity index (χ0v) is 11.3. The van der Waals surface area contributed by atoms with Crippen molar-refractivity contribution in [2.75, 3.05) is 0 Å². The first-order valence-corrected chi connectivity index (χ1v) is 6.67. The minimum atomic E-state index is -4.94. The van der Waals surface area contributed by atoms with Gasteiger partial charge in [-0.1, -0.05) is 30.3 Å². The molecule has 20 heavy (non-hydrogen) atoms. The fourth-order valence-electron chi connectivity index (χ4n) is 1.41. The lowest BCUT2D eigenvalue weighted by Crippen LogP contribution is -2.68. The minimum Gasteiger partial charge on any atom is -0.289 e. The van der Waals surface area contributed by atoms with E-state index in [1.165, 1.54) is 0 Å². The van der Waals surface area contributed by atoms with Gasteiger partial charge in [-0.2, -0.15) is 0 Å². The number of benzene rings is 1. The molecule has 0 saturated carbocycles. The molecule has 2 aromatic rings. The van der Waals surface area contributed by atoms with Gasteiger partial charge < -0.3 is 0 Å². The summed E-state index contributed by atoms with van der Waals surface area (Å²) < 4.78 is 35.9. The highest BCUT2D eigenvalue weighted by atomic mass is 35.7. The average Bonchev–Trinajstić information content (AvgIpc) is 2.38. The van der Waals surface area contributed by atoms with E-state index in [1.807, 2.05) is 66.5 Å². The monoisotopic (exact) mass is 297 g/mol. The maximum absolute atomic E-state index is 11.9. The molecule has 0 unspecified atom stereocenters. The molecule has 0 radical (unpaired) electrons. The largest absolute Gasteiger partial charge is 0.289 e. The summed E-state index contributed by atoms with van der Waals surface area (Å²) in [7, 11) is -3.02. The number of nitrogens with zero attached hydrogens (tertiary/aromatic N) is 1. The summed E-state index contributed by atoms with van der Waals surface area (Å²) in [5, 5.41) is 0. The molecule has 0 atom stereocenters. The Morgan fingerprint density at radius 2 is 1.30 bits per heavy atom. The topological polar surface area (TPSA) is 113 Å². The number of aryl methyl sites for hydroxylation is 1. The molecular weight excluding hydrogens is 286 g/mol. The average molecular weight is 298 g/mol. The first-order chi connectivity index (χ1) is 9.27. The van der Waals surface area contributed by atoms with Gasteiger partial charge in [-0.25, -0.2) is 23.2 Å². The van der Waals surface area contributed by atoms with Crippen LogP contribution >= 0.6 is 0 Å². The molecule has 6 nitrogen and oxygen atoms in total. The zero-order chi connectivity index (χ0) is 15.2. The summed E-state index contributed by atoms with van der Waals surface area (Å²) in [5.74, 6) is 0.0659. The van der Waals surface area contributed by atoms with Crippen molar-refractivity contribution in [2.24, 2.45) is 7.05 Å². The molecule has 0 aliphatic carbocycles. The molecule has 1 aromatic carbocycles. The fourth-order valence-corrected chi connectivity index (χ4v) is 1.41. The highest BCUT2D eigenvalue weighted by Gasteiger charge is 2.08. The Morgan fingerprint density at radius 1 is 0.900 bits per heavy atom. The van der Waals surface area contributed by atoms with Crippen LogP contribution in [0.3, 0.4) is 0 Å². The van der Waals surface area contributed by atoms with Crippen molar-refractivity contribution in [1.29, 1.82) is 0 Å². The molecule has 0 saturated heterocycles. The lowest BCUT2D eigenvalue weighted by atomic mass is 10.1. The second kappa shape index (κ2) is 7.09. The van der Waals surface area contributed by atoms with Crippen LogP contribution in [0.1, 0.15) is 15.9 Å². The third-order valence-corrected chi connectivity index (χ3v) is 2.28. The van der Waals surface area contributed by atoms with Crippen LogP contribution in [0, 0.1) is 10.2 Å². The van der Waals surface area contributed by atoms with Gasteiger partial charge in [-0.15, -0.1) is 10.2 Å². The van der Waals surface area contributed by atoms with Crippen LogP contribution in [0.2, 0.25) is 0 Å². The summed E-state index contributed by atoms with van der Waals surface area (Å²) in [4.78, 5) is 11.9. The predicted molar refractivity (Wildman–Crippen MR) is 57.5 cm³/mol. The molecule has 0 N–H and O–H groups in total. The van der Waals surface area contributed by atoms with Gasteiger partial charge in [-0.05, 0) is 0 Å². The second-order valence-electron chi connectivity index (χ2n) is 3.83. The van der Waals surface area contributed by atoms with Crippen molar-refractivity contribution in [1.82, 2.24) is 0 Å². The predicted octanol–water partition coefficient (Wildman–Crippen LogP) is -3.01. The maximum Gasteiger partial charge on any atom is 0.193 e. The molecule has 2 rings (SSSR count). The molecule has 0 aliphatic rings. The Bertz CT molecular complexity index is 545. The fraction of sp³-hybridized carbons (Fsp3) is 0.0769. The molecular formula is C13H12ClNO5. The number of rotatable bonds is 2. The van der Waals surface area contributed by atoms with E-state index in [1.54, 1.807) is 0 Å². The van der Waals surface area contributed by atoms with E-state index in [2.05, 4.69) is 0 Å². The Balaban J connectivity index is 0.000000347. The number of carbonyl (C=O) groups excluding carboxylic acids is 1. The second-order valence-corrected chi connectivity index (χ2v) is 4.58. The summed E-state index contributed by atoms with van der Waals surface area (Å²) in [5.41, 5.74) is 1.45. The maximum atomic E-state index is 11.9. The van der Waals surface area contributed by atoms with Gasteiger partial charge in [0.05, 0.1) is 0 Å². The lowest BCUT2D eigenvalue weighted by Gasteiger charge is -2.17. The van der Waals surface area contributed by atoms with E-state index in [9.17, 15) is 4.79 Å². The van der Waals surface area contributed by atoms with Gasteiger partial charge in [-0.3, -0.25) is 4.79 Å². The van der Waals surface area contributed by atoms with Gasteiger partial charge in [0.1, 0.15) is 7.05 Å². The normalized spacial score (nSPS) is 10.4. The highest BCUT2D eigenvalue weighted by Crippen LogP contribution is 2.07. The van der Waals surface area contributed by atoms with Crippen LogP contribution in [0.15, 0.2) is 54.9 Å². The molecule has 0 bridgehead atoms. The Kier molecular flexibility index (Phi) is 5.75. The Morgan fingerprint density at radius 3 is 1.75 bits per heavy atom. The zero-order valence-electron chi connectivity index (χ0n) is 10.6. The van der Waals surface area contributed by atoms with E-state index in [0.29, 0.717) is 0 Å². The SMILES string of the molecule is C[n+]1ccc(C(=O)c2ccccc2)cc1.[O-][Cl+3]([O-])([O-])[O-].